The molecule has 0 radical (unpaired) electrons. The van der Waals surface area contributed by atoms with E-state index in [0.29, 0.717) is 41.8 Å². The highest BCUT2D eigenvalue weighted by Gasteiger charge is 2.62. The molecule has 0 saturated heterocycles. The van der Waals surface area contributed by atoms with E-state index < -0.39 is 5.41 Å². The van der Waals surface area contributed by atoms with Gasteiger partial charge in [-0.3, -0.25) is 14.5 Å². The van der Waals surface area contributed by atoms with Crippen LogP contribution in [0.2, 0.25) is 0 Å². The van der Waals surface area contributed by atoms with Crippen molar-refractivity contribution in [1.29, 1.82) is 5.26 Å². The van der Waals surface area contributed by atoms with Gasteiger partial charge in [-0.05, 0) is 38.0 Å². The molecule has 0 bridgehead atoms. The van der Waals surface area contributed by atoms with E-state index in [9.17, 15) is 14.9 Å². The molecule has 2 heterocycles. The molecule has 2 aliphatic heterocycles. The number of Topliss-reactive ketones (excluding diaryl/α,β-unsaturated/α-hetero) is 1. The highest BCUT2D eigenvalue weighted by molar-refractivity contribution is 6.20. The van der Waals surface area contributed by atoms with Gasteiger partial charge in [0, 0.05) is 41.2 Å². The number of carbonyl (C=O) groups is 2. The van der Waals surface area contributed by atoms with Crippen molar-refractivity contribution < 1.29 is 9.59 Å². The summed E-state index contributed by atoms with van der Waals surface area (Å²) in [6.07, 6.45) is 3.23. The van der Waals surface area contributed by atoms with E-state index in [4.69, 9.17) is 5.73 Å². The lowest BCUT2D eigenvalue weighted by atomic mass is 9.64. The summed E-state index contributed by atoms with van der Waals surface area (Å²) >= 11 is 0. The highest BCUT2D eigenvalue weighted by Crippen LogP contribution is 2.56. The average Bonchev–Trinajstić information content (AvgIpc) is 3.05. The van der Waals surface area contributed by atoms with E-state index in [0.717, 1.165) is 11.3 Å². The summed E-state index contributed by atoms with van der Waals surface area (Å²) in [5.41, 5.74) is 9.50. The second-order valence-corrected chi connectivity index (χ2v) is 8.61. The Morgan fingerprint density at radius 1 is 1.15 bits per heavy atom. The zero-order valence-electron chi connectivity index (χ0n) is 18.5. The van der Waals surface area contributed by atoms with Crippen LogP contribution in [-0.2, 0) is 15.0 Å². The Bertz CT molecular complexity index is 1310. The van der Waals surface area contributed by atoms with Crippen molar-refractivity contribution >= 4 is 23.1 Å². The summed E-state index contributed by atoms with van der Waals surface area (Å²) in [5, 5.41) is 10.4. The topological polar surface area (TPSA) is 90.4 Å². The third-order valence-corrected chi connectivity index (χ3v) is 6.78. The van der Waals surface area contributed by atoms with Crippen LogP contribution >= 0.6 is 0 Å². The maximum Gasteiger partial charge on any atom is 0.248 e. The molecule has 5 rings (SSSR count). The fraction of sp³-hybridized carbons (Fsp3) is 0.222. The minimum atomic E-state index is -1.54. The number of hydrogen-bond acceptors (Lipinski definition) is 5. The summed E-state index contributed by atoms with van der Waals surface area (Å²) < 4.78 is 0. The first-order chi connectivity index (χ1) is 16.0. The first-order valence-electron chi connectivity index (χ1n) is 11.0. The molecule has 0 unspecified atom stereocenters. The second kappa shape index (κ2) is 7.49. The lowest BCUT2D eigenvalue weighted by molar-refractivity contribution is -0.124. The van der Waals surface area contributed by atoms with Crippen LogP contribution in [0.25, 0.3) is 0 Å². The second-order valence-electron chi connectivity index (χ2n) is 8.61. The number of fused-ring (bicyclic) bond motifs is 3. The molecule has 2 N–H and O–H groups in total. The van der Waals surface area contributed by atoms with E-state index in [1.807, 2.05) is 55.5 Å². The highest BCUT2D eigenvalue weighted by atomic mass is 16.2. The molecule has 6 heteroatoms. The third kappa shape index (κ3) is 2.66. The molecule has 1 amide bonds. The normalized spacial score (nSPS) is 21.9. The summed E-state index contributed by atoms with van der Waals surface area (Å²) in [6, 6.07) is 17.4. The Morgan fingerprint density at radius 3 is 2.58 bits per heavy atom. The van der Waals surface area contributed by atoms with Crippen molar-refractivity contribution in [1.82, 2.24) is 0 Å². The number of nitrogens with zero attached hydrogens (tertiary/aromatic N) is 3. The van der Waals surface area contributed by atoms with Crippen molar-refractivity contribution in [3.05, 3.63) is 95.0 Å². The van der Waals surface area contributed by atoms with Crippen molar-refractivity contribution in [2.45, 2.75) is 31.6 Å². The van der Waals surface area contributed by atoms with Gasteiger partial charge < -0.3 is 10.6 Å². The zero-order valence-corrected chi connectivity index (χ0v) is 18.5. The fourth-order valence-electron chi connectivity index (χ4n) is 5.43. The van der Waals surface area contributed by atoms with Gasteiger partial charge in [0.05, 0.1) is 5.57 Å². The molecular formula is C27H24N4O2. The third-order valence-electron chi connectivity index (χ3n) is 6.78. The number of nitrogens with two attached hydrogens (primary N) is 1. The Labute approximate surface area is 192 Å². The fourth-order valence-corrected chi connectivity index (χ4v) is 5.43. The Hall–Kier alpha value is -4.11. The van der Waals surface area contributed by atoms with Crippen LogP contribution in [-0.4, -0.2) is 18.2 Å². The number of carbonyl (C=O) groups excluding carboxylic acids is 2. The summed E-state index contributed by atoms with van der Waals surface area (Å²) in [6.45, 7) is 6.06. The van der Waals surface area contributed by atoms with E-state index in [1.165, 1.54) is 0 Å². The summed E-state index contributed by atoms with van der Waals surface area (Å²) in [7, 11) is 0. The number of benzene rings is 2. The molecule has 0 aromatic heterocycles. The molecule has 164 valence electrons. The Balaban J connectivity index is 1.88. The van der Waals surface area contributed by atoms with Gasteiger partial charge in [0.2, 0.25) is 5.91 Å². The smallest absolute Gasteiger partial charge is 0.248 e. The number of para-hydroxylation sites is 1. The number of hydrogen-bond donors (Lipinski definition) is 1. The SMILES string of the molecule is C=CCN1C(=O)[C@]2(C(C#N)=C(N)N(c3ccc(C)cc3)C3=C2C(=O)CCC3)c2ccccc21. The molecule has 0 fully saturated rings. The monoisotopic (exact) mass is 436 g/mol. The van der Waals surface area contributed by atoms with Crippen molar-refractivity contribution in [2.75, 3.05) is 16.3 Å². The molecule has 1 atom stereocenters. The predicted molar refractivity (Wildman–Crippen MR) is 127 cm³/mol. The van der Waals surface area contributed by atoms with Gasteiger partial charge in [-0.15, -0.1) is 6.58 Å². The van der Waals surface area contributed by atoms with E-state index in [1.54, 1.807) is 15.9 Å². The molecule has 1 aliphatic carbocycles. The number of amides is 1. The number of ketones is 1. The molecule has 0 saturated carbocycles. The van der Waals surface area contributed by atoms with Gasteiger partial charge in [0.15, 0.2) is 5.78 Å². The maximum absolute atomic E-state index is 14.2. The Kier molecular flexibility index (Phi) is 4.71. The lowest BCUT2D eigenvalue weighted by Gasteiger charge is -2.43. The minimum absolute atomic E-state index is 0.0982. The largest absolute Gasteiger partial charge is 0.384 e. The van der Waals surface area contributed by atoms with Crippen molar-refractivity contribution in [3.8, 4) is 6.07 Å². The van der Waals surface area contributed by atoms with Gasteiger partial charge in [-0.1, -0.05) is 42.0 Å². The van der Waals surface area contributed by atoms with Gasteiger partial charge >= 0.3 is 0 Å². The van der Waals surface area contributed by atoms with Crippen LogP contribution in [0.15, 0.2) is 83.9 Å². The summed E-state index contributed by atoms with van der Waals surface area (Å²) in [4.78, 5) is 31.1. The zero-order chi connectivity index (χ0) is 23.3. The number of nitriles is 1. The molecule has 33 heavy (non-hydrogen) atoms. The van der Waals surface area contributed by atoms with Crippen LogP contribution < -0.4 is 15.5 Å². The van der Waals surface area contributed by atoms with Crippen molar-refractivity contribution in [2.24, 2.45) is 5.73 Å². The summed E-state index contributed by atoms with van der Waals surface area (Å²) in [5.74, 6) is -0.245. The average molecular weight is 437 g/mol. The number of allylic oxidation sites excluding steroid dienone is 1. The van der Waals surface area contributed by atoms with Crippen molar-refractivity contribution in [3.63, 3.8) is 0 Å². The van der Waals surface area contributed by atoms with Gasteiger partial charge in [0.1, 0.15) is 17.3 Å². The van der Waals surface area contributed by atoms with E-state index in [-0.39, 0.29) is 29.6 Å². The molecule has 6 nitrogen and oxygen atoms in total. The standard InChI is InChI=1S/C27H24N4O2/c1-3-15-30-21-8-5-4-7-19(21)27(26(30)33)20(16-28)25(29)31(18-13-11-17(2)12-14-18)22-9-6-10-23(32)24(22)27/h3-5,7-8,11-14H,1,6,9-10,15,29H2,2H3/t27-/m0/s1. The number of anilines is 2. The molecule has 3 aliphatic rings. The predicted octanol–water partition coefficient (Wildman–Crippen LogP) is 3.99. The van der Waals surface area contributed by atoms with Crippen LogP contribution in [0.3, 0.4) is 0 Å². The quantitative estimate of drug-likeness (QED) is 0.735. The maximum atomic E-state index is 14.2. The first-order valence-corrected chi connectivity index (χ1v) is 11.0. The molecule has 2 aromatic rings. The van der Waals surface area contributed by atoms with Crippen LogP contribution in [0.5, 0.6) is 0 Å². The number of rotatable bonds is 3. The minimum Gasteiger partial charge on any atom is -0.384 e. The van der Waals surface area contributed by atoms with E-state index in [2.05, 4.69) is 12.6 Å². The molecule has 1 spiro atoms. The van der Waals surface area contributed by atoms with Crippen LogP contribution in [0, 0.1) is 18.3 Å². The first kappa shape index (κ1) is 20.8. The van der Waals surface area contributed by atoms with Gasteiger partial charge in [-0.2, -0.15) is 5.26 Å². The number of aryl methyl sites for hydroxylation is 1. The van der Waals surface area contributed by atoms with Crippen LogP contribution in [0.1, 0.15) is 30.4 Å². The van der Waals surface area contributed by atoms with E-state index >= 15 is 0 Å². The molecule has 2 aromatic carbocycles. The molecular weight excluding hydrogens is 412 g/mol. The van der Waals surface area contributed by atoms with Gasteiger partial charge in [0.25, 0.3) is 0 Å². The van der Waals surface area contributed by atoms with Crippen LogP contribution in [0.4, 0.5) is 11.4 Å². The lowest BCUT2D eigenvalue weighted by Crippen LogP contribution is -2.52. The van der Waals surface area contributed by atoms with Gasteiger partial charge in [-0.25, -0.2) is 0 Å². The Morgan fingerprint density at radius 2 is 1.88 bits per heavy atom.